The van der Waals surface area contributed by atoms with Gasteiger partial charge < -0.3 is 10.8 Å². The van der Waals surface area contributed by atoms with E-state index in [9.17, 15) is 4.79 Å². The Kier molecular flexibility index (Phi) is 2.68. The van der Waals surface area contributed by atoms with Crippen molar-refractivity contribution in [2.75, 3.05) is 0 Å². The van der Waals surface area contributed by atoms with E-state index in [1.165, 1.54) is 12.8 Å². The number of nitrogens with two attached hydrogens (primary N) is 1. The maximum atomic E-state index is 10.4. The molecule has 0 aromatic carbocycles. The van der Waals surface area contributed by atoms with Gasteiger partial charge in [-0.15, -0.1) is 5.10 Å². The van der Waals surface area contributed by atoms with Crippen molar-refractivity contribution in [3.8, 4) is 0 Å². The van der Waals surface area contributed by atoms with Crippen LogP contribution in [0.25, 0.3) is 0 Å². The topological polar surface area (TPSA) is 94.0 Å². The molecule has 1 unspecified atom stereocenters. The molecule has 0 radical (unpaired) electrons. The molecular weight excluding hydrogens is 196 g/mol. The van der Waals surface area contributed by atoms with Gasteiger partial charge in [-0.2, -0.15) is 0 Å². The predicted octanol–water partition coefficient (Wildman–Crippen LogP) is 0.163. The summed E-state index contributed by atoms with van der Waals surface area (Å²) < 4.78 is 1.74. The van der Waals surface area contributed by atoms with Gasteiger partial charge in [0.15, 0.2) is 0 Å². The summed E-state index contributed by atoms with van der Waals surface area (Å²) in [5.41, 5.74) is 6.21. The van der Waals surface area contributed by atoms with Gasteiger partial charge in [0.05, 0.1) is 24.4 Å². The van der Waals surface area contributed by atoms with Crippen LogP contribution in [0.4, 0.5) is 0 Å². The molecule has 2 rings (SSSR count). The zero-order chi connectivity index (χ0) is 10.8. The van der Waals surface area contributed by atoms with Gasteiger partial charge in [-0.3, -0.25) is 9.48 Å². The molecule has 1 heterocycles. The number of nitrogens with zero attached hydrogens (tertiary/aromatic N) is 3. The summed E-state index contributed by atoms with van der Waals surface area (Å²) in [5, 5.41) is 16.4. The molecule has 1 fully saturated rings. The first-order valence-corrected chi connectivity index (χ1v) is 5.02. The van der Waals surface area contributed by atoms with Crippen LogP contribution in [0.2, 0.25) is 0 Å². The van der Waals surface area contributed by atoms with Gasteiger partial charge in [-0.1, -0.05) is 5.21 Å². The third kappa shape index (κ3) is 2.76. The lowest BCUT2D eigenvalue weighted by Crippen LogP contribution is -2.15. The molecule has 1 atom stereocenters. The van der Waals surface area contributed by atoms with Crippen molar-refractivity contribution >= 4 is 5.97 Å². The fourth-order valence-electron chi connectivity index (χ4n) is 1.43. The van der Waals surface area contributed by atoms with Gasteiger partial charge in [0.2, 0.25) is 0 Å². The Labute approximate surface area is 87.1 Å². The lowest BCUT2D eigenvalue weighted by Gasteiger charge is -2.02. The second-order valence-corrected chi connectivity index (χ2v) is 4.01. The van der Waals surface area contributed by atoms with E-state index in [4.69, 9.17) is 10.8 Å². The first-order chi connectivity index (χ1) is 7.15. The number of carboxylic acids is 1. The highest BCUT2D eigenvalue weighted by Gasteiger charge is 2.23. The van der Waals surface area contributed by atoms with E-state index in [-0.39, 0.29) is 6.42 Å². The Morgan fingerprint density at radius 1 is 1.73 bits per heavy atom. The molecule has 1 aliphatic carbocycles. The minimum absolute atomic E-state index is 0.109. The highest BCUT2D eigenvalue weighted by Crippen LogP contribution is 2.30. The third-order valence-electron chi connectivity index (χ3n) is 2.47. The molecule has 15 heavy (non-hydrogen) atoms. The molecule has 3 N–H and O–H groups in total. The SMILES string of the molecule is NC(CC(=O)O)c1cn(CC2CC2)nn1. The lowest BCUT2D eigenvalue weighted by molar-refractivity contribution is -0.137. The highest BCUT2D eigenvalue weighted by molar-refractivity contribution is 5.67. The molecule has 0 spiro atoms. The summed E-state index contributed by atoms with van der Waals surface area (Å²) in [6.07, 6.45) is 4.13. The minimum atomic E-state index is -0.917. The molecule has 1 aromatic heterocycles. The Balaban J connectivity index is 1.95. The monoisotopic (exact) mass is 210 g/mol. The number of carbonyl (C=O) groups is 1. The van der Waals surface area contributed by atoms with Gasteiger partial charge in [-0.05, 0) is 18.8 Å². The summed E-state index contributed by atoms with van der Waals surface area (Å²) in [4.78, 5) is 10.4. The van der Waals surface area contributed by atoms with Crippen LogP contribution < -0.4 is 5.73 Å². The highest BCUT2D eigenvalue weighted by atomic mass is 16.4. The predicted molar refractivity (Wildman–Crippen MR) is 51.9 cm³/mol. The van der Waals surface area contributed by atoms with Crippen LogP contribution in [0.3, 0.4) is 0 Å². The number of aliphatic carboxylic acids is 1. The van der Waals surface area contributed by atoms with Gasteiger partial charge in [0.1, 0.15) is 0 Å². The summed E-state index contributed by atoms with van der Waals surface area (Å²) in [7, 11) is 0. The number of rotatable bonds is 5. The van der Waals surface area contributed by atoms with Crippen molar-refractivity contribution < 1.29 is 9.90 Å². The van der Waals surface area contributed by atoms with Gasteiger partial charge in [-0.25, -0.2) is 0 Å². The van der Waals surface area contributed by atoms with Gasteiger partial charge in [0, 0.05) is 6.54 Å². The molecule has 82 valence electrons. The number of aromatic nitrogens is 3. The van der Waals surface area contributed by atoms with Crippen molar-refractivity contribution in [2.45, 2.75) is 31.8 Å². The van der Waals surface area contributed by atoms with Crippen molar-refractivity contribution in [3.63, 3.8) is 0 Å². The molecule has 1 aliphatic rings. The molecule has 6 heteroatoms. The van der Waals surface area contributed by atoms with Crippen LogP contribution in [0.15, 0.2) is 6.20 Å². The summed E-state index contributed by atoms with van der Waals surface area (Å²) in [5.74, 6) is -0.200. The van der Waals surface area contributed by atoms with Crippen LogP contribution in [0.5, 0.6) is 0 Å². The quantitative estimate of drug-likeness (QED) is 0.722. The maximum absolute atomic E-state index is 10.4. The smallest absolute Gasteiger partial charge is 0.305 e. The Bertz CT molecular complexity index is 359. The maximum Gasteiger partial charge on any atom is 0.305 e. The molecular formula is C9H14N4O2. The van der Waals surface area contributed by atoms with Crippen LogP contribution in [-0.4, -0.2) is 26.1 Å². The van der Waals surface area contributed by atoms with E-state index in [2.05, 4.69) is 10.3 Å². The van der Waals surface area contributed by atoms with Crippen LogP contribution in [0.1, 0.15) is 31.0 Å². The molecule has 0 aliphatic heterocycles. The number of carboxylic acid groups (broad SMARTS) is 1. The molecule has 0 bridgehead atoms. The molecule has 6 nitrogen and oxygen atoms in total. The van der Waals surface area contributed by atoms with E-state index >= 15 is 0 Å². The van der Waals surface area contributed by atoms with Gasteiger partial charge >= 0.3 is 5.97 Å². The first-order valence-electron chi connectivity index (χ1n) is 5.02. The largest absolute Gasteiger partial charge is 0.481 e. The van der Waals surface area contributed by atoms with E-state index in [0.717, 1.165) is 12.5 Å². The van der Waals surface area contributed by atoms with Crippen LogP contribution in [0, 0.1) is 5.92 Å². The summed E-state index contributed by atoms with van der Waals surface area (Å²) in [6.45, 7) is 0.868. The molecule has 0 amide bonds. The Morgan fingerprint density at radius 2 is 2.47 bits per heavy atom. The molecule has 1 saturated carbocycles. The Hall–Kier alpha value is -1.43. The van der Waals surface area contributed by atoms with E-state index in [1.54, 1.807) is 10.9 Å². The zero-order valence-electron chi connectivity index (χ0n) is 8.33. The fraction of sp³-hybridized carbons (Fsp3) is 0.667. The average molecular weight is 210 g/mol. The fourth-order valence-corrected chi connectivity index (χ4v) is 1.43. The Morgan fingerprint density at radius 3 is 3.07 bits per heavy atom. The van der Waals surface area contributed by atoms with Crippen molar-refractivity contribution in [2.24, 2.45) is 11.7 Å². The van der Waals surface area contributed by atoms with E-state index < -0.39 is 12.0 Å². The first kappa shape index (κ1) is 10.1. The minimum Gasteiger partial charge on any atom is -0.481 e. The van der Waals surface area contributed by atoms with Crippen LogP contribution >= 0.6 is 0 Å². The zero-order valence-corrected chi connectivity index (χ0v) is 8.33. The number of hydrogen-bond donors (Lipinski definition) is 2. The normalized spacial score (nSPS) is 17.7. The summed E-state index contributed by atoms with van der Waals surface area (Å²) in [6, 6.07) is -0.560. The standard InChI is InChI=1S/C9H14N4O2/c10-7(3-9(14)15)8-5-13(12-11-8)4-6-1-2-6/h5-7H,1-4,10H2,(H,14,15). The number of hydrogen-bond acceptors (Lipinski definition) is 4. The molecule has 0 saturated heterocycles. The van der Waals surface area contributed by atoms with E-state index in [0.29, 0.717) is 5.69 Å². The van der Waals surface area contributed by atoms with Crippen molar-refractivity contribution in [1.29, 1.82) is 0 Å². The third-order valence-corrected chi connectivity index (χ3v) is 2.47. The second-order valence-electron chi connectivity index (χ2n) is 4.01. The van der Waals surface area contributed by atoms with Crippen LogP contribution in [-0.2, 0) is 11.3 Å². The average Bonchev–Trinajstić information content (AvgIpc) is 2.80. The van der Waals surface area contributed by atoms with Crippen molar-refractivity contribution in [3.05, 3.63) is 11.9 Å². The lowest BCUT2D eigenvalue weighted by atomic mass is 10.2. The van der Waals surface area contributed by atoms with Gasteiger partial charge in [0.25, 0.3) is 0 Å². The molecule has 1 aromatic rings. The summed E-state index contributed by atoms with van der Waals surface area (Å²) >= 11 is 0. The second kappa shape index (κ2) is 3.98. The van der Waals surface area contributed by atoms with Crippen molar-refractivity contribution in [1.82, 2.24) is 15.0 Å². The van der Waals surface area contributed by atoms with E-state index in [1.807, 2.05) is 0 Å².